The van der Waals surface area contributed by atoms with E-state index in [1.807, 2.05) is 0 Å². The van der Waals surface area contributed by atoms with E-state index in [0.29, 0.717) is 0 Å². The Kier molecular flexibility index (Phi) is 4.78. The summed E-state index contributed by atoms with van der Waals surface area (Å²) < 4.78 is 16.1. The first-order valence-corrected chi connectivity index (χ1v) is 3.25. The van der Waals surface area contributed by atoms with Gasteiger partial charge in [-0.05, 0) is 0 Å². The van der Waals surface area contributed by atoms with Crippen molar-refractivity contribution >= 4 is 5.97 Å². The minimum absolute atomic E-state index is 0.0600. The SMILES string of the molecule is COC(=O)/C(=C/N)N(N)CCF. The van der Waals surface area contributed by atoms with Crippen LogP contribution in [0.15, 0.2) is 11.9 Å². The largest absolute Gasteiger partial charge is 0.464 e. The highest BCUT2D eigenvalue weighted by atomic mass is 19.1. The summed E-state index contributed by atoms with van der Waals surface area (Å²) in [4.78, 5) is 10.8. The van der Waals surface area contributed by atoms with Gasteiger partial charge < -0.3 is 15.5 Å². The molecule has 0 radical (unpaired) electrons. The van der Waals surface area contributed by atoms with Crippen LogP contribution >= 0.6 is 0 Å². The summed E-state index contributed by atoms with van der Waals surface area (Å²) in [5.74, 6) is 4.57. The van der Waals surface area contributed by atoms with Gasteiger partial charge in [0.2, 0.25) is 0 Å². The Balaban J connectivity index is 4.25. The molecule has 0 bridgehead atoms. The van der Waals surface area contributed by atoms with Gasteiger partial charge in [-0.25, -0.2) is 15.0 Å². The molecule has 70 valence electrons. The maximum atomic E-state index is 11.8. The number of hydrogen-bond donors (Lipinski definition) is 2. The number of carbonyl (C=O) groups is 1. The van der Waals surface area contributed by atoms with Gasteiger partial charge >= 0.3 is 5.97 Å². The number of carbonyl (C=O) groups excluding carboxylic acids is 1. The molecule has 0 spiro atoms. The molecule has 0 heterocycles. The van der Waals surface area contributed by atoms with Crippen LogP contribution in [0.3, 0.4) is 0 Å². The molecule has 6 heteroatoms. The van der Waals surface area contributed by atoms with E-state index in [2.05, 4.69) is 4.74 Å². The van der Waals surface area contributed by atoms with E-state index in [1.165, 1.54) is 7.11 Å². The molecule has 0 aliphatic heterocycles. The molecule has 0 aromatic rings. The second-order valence-electron chi connectivity index (χ2n) is 1.93. The van der Waals surface area contributed by atoms with Crippen LogP contribution in [0.2, 0.25) is 0 Å². The van der Waals surface area contributed by atoms with Gasteiger partial charge in [0.25, 0.3) is 0 Å². The Morgan fingerprint density at radius 2 is 2.33 bits per heavy atom. The Morgan fingerprint density at radius 1 is 1.75 bits per heavy atom. The highest BCUT2D eigenvalue weighted by Crippen LogP contribution is 1.98. The molecule has 0 atom stereocenters. The first kappa shape index (κ1) is 10.7. The maximum Gasteiger partial charge on any atom is 0.357 e. The monoisotopic (exact) mass is 177 g/mol. The molecule has 0 amide bonds. The minimum atomic E-state index is -0.687. The predicted molar refractivity (Wildman–Crippen MR) is 41.2 cm³/mol. The fourth-order valence-corrected chi connectivity index (χ4v) is 0.597. The van der Waals surface area contributed by atoms with Gasteiger partial charge in [-0.15, -0.1) is 0 Å². The molecule has 0 saturated carbocycles. The van der Waals surface area contributed by atoms with Crippen LogP contribution in [0.25, 0.3) is 0 Å². The Hall–Kier alpha value is -1.30. The Labute approximate surface area is 69.7 Å². The van der Waals surface area contributed by atoms with E-state index in [1.54, 1.807) is 0 Å². The van der Waals surface area contributed by atoms with Crippen molar-refractivity contribution in [2.24, 2.45) is 11.6 Å². The van der Waals surface area contributed by atoms with Crippen LogP contribution in [0.1, 0.15) is 0 Å². The Morgan fingerprint density at radius 3 is 2.67 bits per heavy atom. The number of methoxy groups -OCH3 is 1. The third kappa shape index (κ3) is 2.75. The molecule has 0 aliphatic rings. The van der Waals surface area contributed by atoms with E-state index < -0.39 is 12.6 Å². The van der Waals surface area contributed by atoms with E-state index in [0.717, 1.165) is 11.2 Å². The topological polar surface area (TPSA) is 81.6 Å². The lowest BCUT2D eigenvalue weighted by Gasteiger charge is -2.17. The van der Waals surface area contributed by atoms with E-state index in [4.69, 9.17) is 11.6 Å². The average Bonchev–Trinajstić information content (AvgIpc) is 2.06. The van der Waals surface area contributed by atoms with Crippen molar-refractivity contribution in [3.63, 3.8) is 0 Å². The molecule has 0 rings (SSSR count). The molecule has 0 fully saturated rings. The lowest BCUT2D eigenvalue weighted by molar-refractivity contribution is -0.138. The van der Waals surface area contributed by atoms with Crippen LogP contribution in [-0.4, -0.2) is 31.3 Å². The first-order chi connectivity index (χ1) is 5.67. The summed E-state index contributed by atoms with van der Waals surface area (Å²) in [5, 5.41) is 0.895. The van der Waals surface area contributed by atoms with Crippen LogP contribution in [0.5, 0.6) is 0 Å². The van der Waals surface area contributed by atoms with Gasteiger partial charge in [-0.3, -0.25) is 0 Å². The molecule has 0 aromatic carbocycles. The standard InChI is InChI=1S/C6H12FN3O2/c1-12-6(11)5(4-8)10(9)3-2-7/h4H,2-3,8-9H2,1H3/b5-4-. The first-order valence-electron chi connectivity index (χ1n) is 3.25. The summed E-state index contributed by atoms with van der Waals surface area (Å²) in [6.45, 7) is -0.761. The maximum absolute atomic E-state index is 11.8. The summed E-state index contributed by atoms with van der Waals surface area (Å²) in [7, 11) is 1.19. The van der Waals surface area contributed by atoms with Crippen LogP contribution in [0, 0.1) is 0 Å². The molecule has 4 N–H and O–H groups in total. The second kappa shape index (κ2) is 5.36. The highest BCUT2D eigenvalue weighted by molar-refractivity contribution is 5.87. The second-order valence-corrected chi connectivity index (χ2v) is 1.93. The highest BCUT2D eigenvalue weighted by Gasteiger charge is 2.13. The van der Waals surface area contributed by atoms with Gasteiger partial charge in [0.15, 0.2) is 5.70 Å². The summed E-state index contributed by atoms with van der Waals surface area (Å²) in [6, 6.07) is 0. The molecule has 0 saturated heterocycles. The number of rotatable bonds is 4. The van der Waals surface area contributed by atoms with Crippen LogP contribution < -0.4 is 11.6 Å². The quantitative estimate of drug-likeness (QED) is 0.252. The molecular formula is C6H12FN3O2. The molecule has 12 heavy (non-hydrogen) atoms. The number of nitrogens with zero attached hydrogens (tertiary/aromatic N) is 1. The van der Waals surface area contributed by atoms with Gasteiger partial charge in [0.1, 0.15) is 6.67 Å². The van der Waals surface area contributed by atoms with Gasteiger partial charge in [0.05, 0.1) is 13.7 Å². The molecule has 0 unspecified atom stereocenters. The predicted octanol–water partition coefficient (Wildman–Crippen LogP) is -0.895. The third-order valence-corrected chi connectivity index (χ3v) is 1.19. The number of hydrogen-bond acceptors (Lipinski definition) is 5. The third-order valence-electron chi connectivity index (χ3n) is 1.19. The van der Waals surface area contributed by atoms with Crippen LogP contribution in [0.4, 0.5) is 4.39 Å². The van der Waals surface area contributed by atoms with Crippen molar-refractivity contribution in [2.45, 2.75) is 0 Å². The van der Waals surface area contributed by atoms with Crippen molar-refractivity contribution in [3.05, 3.63) is 11.9 Å². The summed E-state index contributed by atoms with van der Waals surface area (Å²) >= 11 is 0. The lowest BCUT2D eigenvalue weighted by Crippen LogP contribution is -2.36. The molecule has 0 aromatic heterocycles. The number of esters is 1. The van der Waals surface area contributed by atoms with Crippen LogP contribution in [-0.2, 0) is 9.53 Å². The number of ether oxygens (including phenoxy) is 1. The van der Waals surface area contributed by atoms with Gasteiger partial charge in [0, 0.05) is 6.20 Å². The van der Waals surface area contributed by atoms with E-state index in [9.17, 15) is 9.18 Å². The van der Waals surface area contributed by atoms with E-state index >= 15 is 0 Å². The number of alkyl halides is 1. The van der Waals surface area contributed by atoms with Crippen molar-refractivity contribution in [2.75, 3.05) is 20.3 Å². The molecule has 5 nitrogen and oxygen atoms in total. The number of hydrazine groups is 1. The van der Waals surface area contributed by atoms with Gasteiger partial charge in [-0.1, -0.05) is 0 Å². The van der Waals surface area contributed by atoms with Crippen molar-refractivity contribution < 1.29 is 13.9 Å². The zero-order chi connectivity index (χ0) is 9.56. The van der Waals surface area contributed by atoms with Gasteiger partial charge in [-0.2, -0.15) is 0 Å². The normalized spacial score (nSPS) is 11.1. The smallest absolute Gasteiger partial charge is 0.357 e. The Bertz CT molecular complexity index is 184. The summed E-state index contributed by atoms with van der Waals surface area (Å²) in [5.41, 5.74) is 5.01. The number of halogens is 1. The number of nitrogens with two attached hydrogens (primary N) is 2. The fourth-order valence-electron chi connectivity index (χ4n) is 0.597. The minimum Gasteiger partial charge on any atom is -0.464 e. The van der Waals surface area contributed by atoms with E-state index in [-0.39, 0.29) is 12.2 Å². The fraction of sp³-hybridized carbons (Fsp3) is 0.500. The lowest BCUT2D eigenvalue weighted by atomic mass is 10.4. The zero-order valence-electron chi connectivity index (χ0n) is 6.79. The van der Waals surface area contributed by atoms with Crippen molar-refractivity contribution in [1.29, 1.82) is 0 Å². The summed E-state index contributed by atoms with van der Waals surface area (Å²) in [6.07, 6.45) is 0.974. The average molecular weight is 177 g/mol. The van der Waals surface area contributed by atoms with Crippen molar-refractivity contribution in [3.8, 4) is 0 Å². The van der Waals surface area contributed by atoms with Crippen molar-refractivity contribution in [1.82, 2.24) is 5.01 Å². The molecule has 0 aliphatic carbocycles. The molecular weight excluding hydrogens is 165 g/mol. The zero-order valence-corrected chi connectivity index (χ0v) is 6.79.